The average Bonchev–Trinajstić information content (AvgIpc) is 2.39. The van der Waals surface area contributed by atoms with Gasteiger partial charge < -0.3 is 19.5 Å². The van der Waals surface area contributed by atoms with Crippen LogP contribution in [0.25, 0.3) is 0 Å². The van der Waals surface area contributed by atoms with Crippen LogP contribution in [0.1, 0.15) is 33.6 Å². The molecule has 1 N–H and O–H groups in total. The Bertz CT molecular complexity index is 310. The van der Waals surface area contributed by atoms with E-state index >= 15 is 0 Å². The first-order chi connectivity index (χ1) is 8.29. The summed E-state index contributed by atoms with van der Waals surface area (Å²) in [6.07, 6.45) is 0.0912. The highest BCUT2D eigenvalue weighted by Gasteiger charge is 2.31. The quantitative estimate of drug-likeness (QED) is 0.813. The number of carboxylic acid groups (broad SMARTS) is 1. The van der Waals surface area contributed by atoms with Crippen molar-refractivity contribution in [3.63, 3.8) is 0 Å². The van der Waals surface area contributed by atoms with Crippen molar-refractivity contribution in [1.82, 2.24) is 4.90 Å². The lowest BCUT2D eigenvalue weighted by atomic mass is 10.2. The van der Waals surface area contributed by atoms with Gasteiger partial charge in [-0.3, -0.25) is 4.79 Å². The molecule has 1 heterocycles. The molecule has 104 valence electrons. The number of carbonyl (C=O) groups excluding carboxylic acids is 1. The second kappa shape index (κ2) is 6.04. The van der Waals surface area contributed by atoms with E-state index in [1.807, 2.05) is 0 Å². The molecule has 0 aliphatic carbocycles. The van der Waals surface area contributed by atoms with Crippen LogP contribution in [0.15, 0.2) is 0 Å². The van der Waals surface area contributed by atoms with Crippen molar-refractivity contribution < 1.29 is 24.2 Å². The SMILES string of the molecule is CC(C)(C)OC(=O)N1CCCOCC1CC(=O)O. The van der Waals surface area contributed by atoms with Crippen LogP contribution in [0, 0.1) is 0 Å². The third-order valence-electron chi connectivity index (χ3n) is 2.48. The Balaban J connectivity index is 2.72. The maximum absolute atomic E-state index is 12.0. The molecule has 1 unspecified atom stereocenters. The molecule has 1 fully saturated rings. The van der Waals surface area contributed by atoms with E-state index in [1.54, 1.807) is 20.8 Å². The number of hydrogen-bond donors (Lipinski definition) is 1. The fourth-order valence-electron chi connectivity index (χ4n) is 1.76. The molecule has 0 aromatic rings. The van der Waals surface area contributed by atoms with E-state index in [9.17, 15) is 9.59 Å². The Kier molecular flexibility index (Phi) is 4.95. The largest absolute Gasteiger partial charge is 0.481 e. The summed E-state index contributed by atoms with van der Waals surface area (Å²) in [5.74, 6) is -0.945. The highest BCUT2D eigenvalue weighted by molar-refractivity contribution is 5.72. The van der Waals surface area contributed by atoms with Gasteiger partial charge in [-0.05, 0) is 27.2 Å². The highest BCUT2D eigenvalue weighted by Crippen LogP contribution is 2.16. The number of amides is 1. The van der Waals surface area contributed by atoms with Crippen LogP contribution < -0.4 is 0 Å². The molecule has 0 aromatic carbocycles. The molecule has 0 radical (unpaired) electrons. The Labute approximate surface area is 107 Å². The van der Waals surface area contributed by atoms with Crippen LogP contribution in [-0.4, -0.2) is 53.5 Å². The van der Waals surface area contributed by atoms with Crippen molar-refractivity contribution in [3.8, 4) is 0 Å². The first-order valence-electron chi connectivity index (χ1n) is 6.09. The normalized spacial score (nSPS) is 21.3. The summed E-state index contributed by atoms with van der Waals surface area (Å²) < 4.78 is 10.6. The topological polar surface area (TPSA) is 76.1 Å². The molecule has 0 bridgehead atoms. The molecule has 1 aliphatic rings. The molecule has 1 saturated heterocycles. The molecule has 0 spiro atoms. The predicted molar refractivity (Wildman–Crippen MR) is 64.4 cm³/mol. The van der Waals surface area contributed by atoms with E-state index in [0.717, 1.165) is 0 Å². The first-order valence-corrected chi connectivity index (χ1v) is 6.09. The van der Waals surface area contributed by atoms with Crippen molar-refractivity contribution in [1.29, 1.82) is 0 Å². The smallest absolute Gasteiger partial charge is 0.410 e. The van der Waals surface area contributed by atoms with Gasteiger partial charge >= 0.3 is 12.1 Å². The lowest BCUT2D eigenvalue weighted by Crippen LogP contribution is -2.45. The van der Waals surface area contributed by atoms with Crippen LogP contribution in [0.2, 0.25) is 0 Å². The number of aliphatic carboxylic acids is 1. The first kappa shape index (κ1) is 14.8. The van der Waals surface area contributed by atoms with Crippen LogP contribution in [0.4, 0.5) is 4.79 Å². The number of hydrogen-bond acceptors (Lipinski definition) is 4. The summed E-state index contributed by atoms with van der Waals surface area (Å²) in [5, 5.41) is 8.86. The molecule has 0 aromatic heterocycles. The van der Waals surface area contributed by atoms with Crippen LogP contribution in [0.5, 0.6) is 0 Å². The lowest BCUT2D eigenvalue weighted by Gasteiger charge is -2.31. The number of ether oxygens (including phenoxy) is 2. The summed E-state index contributed by atoms with van der Waals surface area (Å²) in [4.78, 5) is 24.3. The lowest BCUT2D eigenvalue weighted by molar-refractivity contribution is -0.138. The number of carbonyl (C=O) groups is 2. The second-order valence-electron chi connectivity index (χ2n) is 5.35. The minimum Gasteiger partial charge on any atom is -0.481 e. The number of carboxylic acids is 1. The van der Waals surface area contributed by atoms with Gasteiger partial charge in [0.05, 0.1) is 19.1 Å². The van der Waals surface area contributed by atoms with Gasteiger partial charge in [-0.15, -0.1) is 0 Å². The molecule has 0 saturated carbocycles. The van der Waals surface area contributed by atoms with Gasteiger partial charge in [0.2, 0.25) is 0 Å². The molecule has 1 aliphatic heterocycles. The molecule has 1 amide bonds. The van der Waals surface area contributed by atoms with Gasteiger partial charge in [-0.1, -0.05) is 0 Å². The van der Waals surface area contributed by atoms with Crippen LogP contribution in [0.3, 0.4) is 0 Å². The third kappa shape index (κ3) is 4.91. The van der Waals surface area contributed by atoms with E-state index in [2.05, 4.69) is 0 Å². The summed E-state index contributed by atoms with van der Waals surface area (Å²) in [6.45, 7) is 6.59. The summed E-state index contributed by atoms with van der Waals surface area (Å²) in [6, 6.07) is -0.458. The molecule has 1 rings (SSSR count). The Morgan fingerprint density at radius 3 is 2.67 bits per heavy atom. The molecular formula is C12H21NO5. The monoisotopic (exact) mass is 259 g/mol. The molecule has 1 atom stereocenters. The summed E-state index contributed by atoms with van der Waals surface area (Å²) in [7, 11) is 0. The van der Waals surface area contributed by atoms with E-state index < -0.39 is 23.7 Å². The number of rotatable bonds is 2. The second-order valence-corrected chi connectivity index (χ2v) is 5.35. The zero-order valence-corrected chi connectivity index (χ0v) is 11.1. The van der Waals surface area contributed by atoms with Crippen molar-refractivity contribution in [3.05, 3.63) is 0 Å². The standard InChI is InChI=1S/C12H21NO5/c1-12(2,3)18-11(16)13-5-4-6-17-8-9(13)7-10(14)15/h9H,4-8H2,1-3H3,(H,14,15). The van der Waals surface area contributed by atoms with E-state index in [4.69, 9.17) is 14.6 Å². The maximum Gasteiger partial charge on any atom is 0.410 e. The fraction of sp³-hybridized carbons (Fsp3) is 0.833. The minimum absolute atomic E-state index is 0.126. The summed E-state index contributed by atoms with van der Waals surface area (Å²) in [5.41, 5.74) is -0.585. The molecule has 6 nitrogen and oxygen atoms in total. The molecule has 18 heavy (non-hydrogen) atoms. The summed E-state index contributed by atoms with van der Waals surface area (Å²) >= 11 is 0. The van der Waals surface area contributed by atoms with E-state index in [1.165, 1.54) is 4.90 Å². The van der Waals surface area contributed by atoms with Gasteiger partial charge in [0.15, 0.2) is 0 Å². The van der Waals surface area contributed by atoms with Crippen molar-refractivity contribution in [2.45, 2.75) is 45.3 Å². The van der Waals surface area contributed by atoms with E-state index in [-0.39, 0.29) is 13.0 Å². The predicted octanol–water partition coefficient (Wildman–Crippen LogP) is 1.49. The van der Waals surface area contributed by atoms with Crippen molar-refractivity contribution in [2.24, 2.45) is 0 Å². The van der Waals surface area contributed by atoms with Gasteiger partial charge in [-0.25, -0.2) is 4.79 Å². The Morgan fingerprint density at radius 2 is 2.11 bits per heavy atom. The zero-order valence-electron chi connectivity index (χ0n) is 11.1. The highest BCUT2D eigenvalue weighted by atomic mass is 16.6. The van der Waals surface area contributed by atoms with E-state index in [0.29, 0.717) is 19.6 Å². The van der Waals surface area contributed by atoms with Gasteiger partial charge in [-0.2, -0.15) is 0 Å². The minimum atomic E-state index is -0.945. The van der Waals surface area contributed by atoms with Crippen LogP contribution in [-0.2, 0) is 14.3 Å². The average molecular weight is 259 g/mol. The maximum atomic E-state index is 12.0. The molecular weight excluding hydrogens is 238 g/mol. The van der Waals surface area contributed by atoms with Gasteiger partial charge in [0, 0.05) is 13.2 Å². The zero-order chi connectivity index (χ0) is 13.8. The fourth-order valence-corrected chi connectivity index (χ4v) is 1.76. The number of nitrogens with zero attached hydrogens (tertiary/aromatic N) is 1. The molecule has 6 heteroatoms. The Hall–Kier alpha value is -1.30. The van der Waals surface area contributed by atoms with Crippen molar-refractivity contribution >= 4 is 12.1 Å². The third-order valence-corrected chi connectivity index (χ3v) is 2.48. The Morgan fingerprint density at radius 1 is 1.44 bits per heavy atom. The van der Waals surface area contributed by atoms with Crippen LogP contribution >= 0.6 is 0 Å². The van der Waals surface area contributed by atoms with Gasteiger partial charge in [0.25, 0.3) is 0 Å². The van der Waals surface area contributed by atoms with Crippen molar-refractivity contribution in [2.75, 3.05) is 19.8 Å². The van der Waals surface area contributed by atoms with Gasteiger partial charge in [0.1, 0.15) is 5.60 Å².